The van der Waals surface area contributed by atoms with E-state index >= 15 is 0 Å². The lowest BCUT2D eigenvalue weighted by molar-refractivity contribution is -0.160. The van der Waals surface area contributed by atoms with Crippen LogP contribution in [0.1, 0.15) is 0 Å². The van der Waals surface area contributed by atoms with Gasteiger partial charge in [0, 0.05) is 7.05 Å². The molecule has 0 aliphatic heterocycles. The van der Waals surface area contributed by atoms with Crippen LogP contribution in [0.2, 0.25) is 5.02 Å². The molecule has 11 heteroatoms. The van der Waals surface area contributed by atoms with Crippen molar-refractivity contribution in [2.24, 2.45) is 7.05 Å². The van der Waals surface area contributed by atoms with Crippen molar-refractivity contribution in [2.45, 2.75) is 13.0 Å². The van der Waals surface area contributed by atoms with E-state index in [-0.39, 0.29) is 12.5 Å². The Morgan fingerprint density at radius 2 is 2.05 bits per heavy atom. The molecule has 1 atom stereocenters. The minimum absolute atomic E-state index is 0.0187. The average Bonchev–Trinajstić information content (AvgIpc) is 2.63. The normalized spacial score (nSPS) is 12.3. The van der Waals surface area contributed by atoms with Gasteiger partial charge in [-0.3, -0.25) is 0 Å². The summed E-state index contributed by atoms with van der Waals surface area (Å²) < 4.78 is 51.3. The Bertz CT molecular complexity index is 472. The fraction of sp³-hybridized carbons (Fsp3) is 0.556. The molecule has 1 aromatic rings. The second kappa shape index (κ2) is 7.44. The first kappa shape index (κ1) is 16.7. The Labute approximate surface area is 121 Å². The molecule has 0 aliphatic rings. The second-order valence-electron chi connectivity index (χ2n) is 3.22. The summed E-state index contributed by atoms with van der Waals surface area (Å²) in [6, 6.07) is 0. The third-order valence-electron chi connectivity index (χ3n) is 1.83. The lowest BCUT2D eigenvalue weighted by Gasteiger charge is -2.08. The second-order valence-corrected chi connectivity index (χ2v) is 3.97. The standard InChI is InChI=1S/C9H9Cl2F3N2O4/c1-16-7(20-9(13)14)4(11)6(15-16)19-5(12)8(17)18-3-2-10/h5,9H,2-3H2,1H3. The molecule has 0 bridgehead atoms. The molecule has 1 heterocycles. The maximum absolute atomic E-state index is 13.4. The number of aromatic nitrogens is 2. The fourth-order valence-corrected chi connectivity index (χ4v) is 1.42. The Morgan fingerprint density at radius 3 is 2.60 bits per heavy atom. The van der Waals surface area contributed by atoms with Crippen molar-refractivity contribution in [3.8, 4) is 11.8 Å². The molecule has 6 nitrogen and oxygen atoms in total. The van der Waals surface area contributed by atoms with Crippen LogP contribution in [0.4, 0.5) is 13.2 Å². The molecular weight excluding hydrogens is 328 g/mol. The predicted molar refractivity (Wildman–Crippen MR) is 62.1 cm³/mol. The first-order valence-corrected chi connectivity index (χ1v) is 5.98. The number of hydrogen-bond acceptors (Lipinski definition) is 5. The van der Waals surface area contributed by atoms with Gasteiger partial charge in [0.25, 0.3) is 5.88 Å². The van der Waals surface area contributed by atoms with Gasteiger partial charge < -0.3 is 14.2 Å². The van der Waals surface area contributed by atoms with E-state index in [0.717, 1.165) is 4.68 Å². The molecule has 20 heavy (non-hydrogen) atoms. The number of rotatable bonds is 7. The van der Waals surface area contributed by atoms with Crippen LogP contribution in [0.25, 0.3) is 0 Å². The number of carbonyl (C=O) groups is 1. The Balaban J connectivity index is 2.75. The SMILES string of the molecule is Cn1nc(OC(F)C(=O)OCCCl)c(Cl)c1OC(F)F. The van der Waals surface area contributed by atoms with E-state index in [1.165, 1.54) is 7.05 Å². The lowest BCUT2D eigenvalue weighted by Crippen LogP contribution is -2.25. The van der Waals surface area contributed by atoms with E-state index in [4.69, 9.17) is 23.2 Å². The van der Waals surface area contributed by atoms with E-state index in [1.54, 1.807) is 0 Å². The maximum Gasteiger partial charge on any atom is 0.388 e. The summed E-state index contributed by atoms with van der Waals surface area (Å²) in [5.41, 5.74) is 0. The fourth-order valence-electron chi connectivity index (χ4n) is 1.10. The van der Waals surface area contributed by atoms with Crippen molar-refractivity contribution in [3.05, 3.63) is 5.02 Å². The summed E-state index contributed by atoms with van der Waals surface area (Å²) in [4.78, 5) is 11.1. The monoisotopic (exact) mass is 336 g/mol. The summed E-state index contributed by atoms with van der Waals surface area (Å²) in [6.45, 7) is -3.36. The van der Waals surface area contributed by atoms with E-state index in [2.05, 4.69) is 19.3 Å². The molecule has 0 N–H and O–H groups in total. The number of aryl methyl sites for hydroxylation is 1. The summed E-state index contributed by atoms with van der Waals surface area (Å²) >= 11 is 10.9. The van der Waals surface area contributed by atoms with Crippen LogP contribution in [-0.2, 0) is 16.6 Å². The van der Waals surface area contributed by atoms with Gasteiger partial charge in [-0.2, -0.15) is 13.2 Å². The molecule has 0 amide bonds. The summed E-state index contributed by atoms with van der Waals surface area (Å²) in [5.74, 6) is -2.48. The van der Waals surface area contributed by atoms with Gasteiger partial charge in [0.15, 0.2) is 5.02 Å². The number of esters is 1. The van der Waals surface area contributed by atoms with Crippen molar-refractivity contribution in [1.29, 1.82) is 0 Å². The molecule has 0 aliphatic carbocycles. The van der Waals surface area contributed by atoms with Crippen molar-refractivity contribution in [2.75, 3.05) is 12.5 Å². The highest BCUT2D eigenvalue weighted by Crippen LogP contribution is 2.34. The van der Waals surface area contributed by atoms with Gasteiger partial charge in [-0.1, -0.05) is 11.6 Å². The van der Waals surface area contributed by atoms with Gasteiger partial charge in [-0.05, 0) is 0 Å². The molecule has 0 radical (unpaired) electrons. The van der Waals surface area contributed by atoms with Crippen LogP contribution < -0.4 is 9.47 Å². The number of nitrogens with zero attached hydrogens (tertiary/aromatic N) is 2. The van der Waals surface area contributed by atoms with Crippen molar-refractivity contribution in [3.63, 3.8) is 0 Å². The smallest absolute Gasteiger partial charge is 0.388 e. The van der Waals surface area contributed by atoms with Gasteiger partial charge in [-0.15, -0.1) is 16.7 Å². The van der Waals surface area contributed by atoms with Crippen LogP contribution in [0.15, 0.2) is 0 Å². The van der Waals surface area contributed by atoms with Crippen molar-refractivity contribution >= 4 is 29.2 Å². The summed E-state index contributed by atoms with van der Waals surface area (Å²) in [5, 5.41) is 3.00. The minimum Gasteiger partial charge on any atom is -0.460 e. The number of alkyl halides is 4. The molecular formula is C9H9Cl2F3N2O4. The Kier molecular flexibility index (Phi) is 6.21. The van der Waals surface area contributed by atoms with E-state index in [0.29, 0.717) is 0 Å². The molecule has 0 saturated carbocycles. The molecule has 1 rings (SSSR count). The van der Waals surface area contributed by atoms with Gasteiger partial charge >= 0.3 is 18.9 Å². The van der Waals surface area contributed by atoms with Crippen LogP contribution in [0, 0.1) is 0 Å². The first-order chi connectivity index (χ1) is 9.36. The molecule has 114 valence electrons. The highest BCUT2D eigenvalue weighted by Gasteiger charge is 2.27. The highest BCUT2D eigenvalue weighted by molar-refractivity contribution is 6.33. The zero-order valence-corrected chi connectivity index (χ0v) is 11.5. The van der Waals surface area contributed by atoms with Gasteiger partial charge in [-0.25, -0.2) is 9.48 Å². The molecule has 0 saturated heterocycles. The number of ether oxygens (including phenoxy) is 3. The van der Waals surface area contributed by atoms with Gasteiger partial charge in [0.2, 0.25) is 5.88 Å². The molecule has 0 fully saturated rings. The van der Waals surface area contributed by atoms with Crippen LogP contribution in [-0.4, -0.2) is 41.2 Å². The highest BCUT2D eigenvalue weighted by atomic mass is 35.5. The van der Waals surface area contributed by atoms with Crippen molar-refractivity contribution in [1.82, 2.24) is 9.78 Å². The van der Waals surface area contributed by atoms with Crippen LogP contribution >= 0.6 is 23.2 Å². The molecule has 1 unspecified atom stereocenters. The molecule has 0 spiro atoms. The van der Waals surface area contributed by atoms with E-state index in [1.807, 2.05) is 0 Å². The molecule has 0 aromatic carbocycles. The number of hydrogen-bond donors (Lipinski definition) is 0. The largest absolute Gasteiger partial charge is 0.460 e. The Hall–Kier alpha value is -1.35. The Morgan fingerprint density at radius 1 is 1.40 bits per heavy atom. The van der Waals surface area contributed by atoms with Gasteiger partial charge in [0.1, 0.15) is 6.61 Å². The summed E-state index contributed by atoms with van der Waals surface area (Å²) in [7, 11) is 1.22. The third-order valence-corrected chi connectivity index (χ3v) is 2.31. The lowest BCUT2D eigenvalue weighted by atomic mass is 10.6. The van der Waals surface area contributed by atoms with E-state index < -0.39 is 35.7 Å². The van der Waals surface area contributed by atoms with Crippen LogP contribution in [0.3, 0.4) is 0 Å². The summed E-state index contributed by atoms with van der Waals surface area (Å²) in [6.07, 6.45) is -2.52. The molecule has 1 aromatic heterocycles. The first-order valence-electron chi connectivity index (χ1n) is 5.07. The van der Waals surface area contributed by atoms with Crippen molar-refractivity contribution < 1.29 is 32.2 Å². The van der Waals surface area contributed by atoms with Gasteiger partial charge in [0.05, 0.1) is 5.88 Å². The number of carbonyl (C=O) groups excluding carboxylic acids is 1. The quantitative estimate of drug-likeness (QED) is 0.563. The van der Waals surface area contributed by atoms with Crippen LogP contribution in [0.5, 0.6) is 11.8 Å². The minimum atomic E-state index is -3.15. The topological polar surface area (TPSA) is 62.6 Å². The zero-order valence-electron chi connectivity index (χ0n) is 9.99. The maximum atomic E-state index is 13.4. The number of halogens is 5. The third kappa shape index (κ3) is 4.34. The predicted octanol–water partition coefficient (Wildman–Crippen LogP) is 2.13. The zero-order chi connectivity index (χ0) is 15.3. The average molecular weight is 337 g/mol. The van der Waals surface area contributed by atoms with E-state index in [9.17, 15) is 18.0 Å².